The average Bonchev–Trinajstić information content (AvgIpc) is 3.27. The molecule has 0 spiro atoms. The van der Waals surface area contributed by atoms with Crippen LogP contribution in [0.3, 0.4) is 0 Å². The maximum atomic E-state index is 13.9. The van der Waals surface area contributed by atoms with Crippen LogP contribution in [-0.2, 0) is 12.0 Å². The van der Waals surface area contributed by atoms with E-state index >= 15 is 0 Å². The predicted molar refractivity (Wildman–Crippen MR) is 118 cm³/mol. The first-order valence-electron chi connectivity index (χ1n) is 10.7. The standard InChI is InChI=1S/C25H27FN4O/c1-29(18-21-17-24(28-31-21)22-9-5-6-10-23(22)26)15-16-30-13-11-25(19-27,12-14-30)20-7-3-2-4-8-20/h2-10,17H,11-16,18H2,1H3. The molecule has 1 aliphatic rings. The molecule has 0 bridgehead atoms. The van der Waals surface area contributed by atoms with E-state index in [0.717, 1.165) is 44.6 Å². The number of nitriles is 1. The van der Waals surface area contributed by atoms with Gasteiger partial charge in [0.15, 0.2) is 5.76 Å². The lowest BCUT2D eigenvalue weighted by molar-refractivity contribution is 0.160. The second kappa shape index (κ2) is 9.42. The Bertz CT molecular complexity index is 1030. The van der Waals surface area contributed by atoms with E-state index in [0.29, 0.717) is 23.6 Å². The van der Waals surface area contributed by atoms with Gasteiger partial charge in [-0.2, -0.15) is 5.26 Å². The Morgan fingerprint density at radius 3 is 2.55 bits per heavy atom. The Labute approximate surface area is 182 Å². The van der Waals surface area contributed by atoms with Gasteiger partial charge in [-0.15, -0.1) is 0 Å². The predicted octanol–water partition coefficient (Wildman–Crippen LogP) is 4.47. The first kappa shape index (κ1) is 21.2. The molecule has 5 nitrogen and oxygen atoms in total. The van der Waals surface area contributed by atoms with Crippen molar-refractivity contribution in [2.45, 2.75) is 24.8 Å². The van der Waals surface area contributed by atoms with Gasteiger partial charge in [-0.25, -0.2) is 4.39 Å². The third kappa shape index (κ3) is 4.84. The smallest absolute Gasteiger partial charge is 0.151 e. The number of likely N-dealkylation sites (tertiary alicyclic amines) is 1. The molecule has 0 radical (unpaired) electrons. The van der Waals surface area contributed by atoms with Crippen molar-refractivity contribution in [1.29, 1.82) is 5.26 Å². The molecule has 1 aromatic heterocycles. The third-order valence-corrected chi connectivity index (χ3v) is 6.18. The van der Waals surface area contributed by atoms with Gasteiger partial charge in [0, 0.05) is 37.8 Å². The first-order chi connectivity index (χ1) is 15.1. The van der Waals surface area contributed by atoms with Crippen molar-refractivity contribution in [3.63, 3.8) is 0 Å². The number of hydrogen-bond acceptors (Lipinski definition) is 5. The van der Waals surface area contributed by atoms with Gasteiger partial charge in [-0.3, -0.25) is 4.90 Å². The second-order valence-electron chi connectivity index (χ2n) is 8.30. The zero-order valence-electron chi connectivity index (χ0n) is 17.8. The summed E-state index contributed by atoms with van der Waals surface area (Å²) >= 11 is 0. The number of benzene rings is 2. The van der Waals surface area contributed by atoms with Crippen molar-refractivity contribution in [1.82, 2.24) is 15.0 Å². The highest BCUT2D eigenvalue weighted by Gasteiger charge is 2.36. The molecular formula is C25H27FN4O. The summed E-state index contributed by atoms with van der Waals surface area (Å²) in [7, 11) is 2.04. The van der Waals surface area contributed by atoms with Crippen molar-refractivity contribution < 1.29 is 8.91 Å². The van der Waals surface area contributed by atoms with E-state index < -0.39 is 0 Å². The molecule has 1 fully saturated rings. The minimum atomic E-state index is -0.368. The van der Waals surface area contributed by atoms with Gasteiger partial charge in [-0.1, -0.05) is 47.6 Å². The lowest BCUT2D eigenvalue weighted by Gasteiger charge is -2.38. The molecule has 6 heteroatoms. The highest BCUT2D eigenvalue weighted by atomic mass is 19.1. The molecule has 3 aromatic rings. The minimum absolute atomic E-state index is 0.301. The van der Waals surface area contributed by atoms with Crippen LogP contribution in [0.5, 0.6) is 0 Å². The van der Waals surface area contributed by atoms with Gasteiger partial charge in [0.25, 0.3) is 0 Å². The van der Waals surface area contributed by atoms with Crippen LogP contribution in [0, 0.1) is 17.1 Å². The number of nitrogens with zero attached hydrogens (tertiary/aromatic N) is 4. The molecule has 2 heterocycles. The Morgan fingerprint density at radius 1 is 1.13 bits per heavy atom. The molecule has 0 atom stereocenters. The fourth-order valence-corrected chi connectivity index (χ4v) is 4.22. The number of aromatic nitrogens is 1. The van der Waals surface area contributed by atoms with Crippen molar-refractivity contribution in [3.05, 3.63) is 77.8 Å². The van der Waals surface area contributed by atoms with Crippen molar-refractivity contribution in [2.24, 2.45) is 0 Å². The van der Waals surface area contributed by atoms with Gasteiger partial charge in [0.05, 0.1) is 18.0 Å². The van der Waals surface area contributed by atoms with Crippen LogP contribution in [0.15, 0.2) is 65.2 Å². The number of piperidine rings is 1. The summed E-state index contributed by atoms with van der Waals surface area (Å²) in [6.45, 7) is 4.25. The Balaban J connectivity index is 1.27. The fourth-order valence-electron chi connectivity index (χ4n) is 4.22. The monoisotopic (exact) mass is 418 g/mol. The van der Waals surface area contributed by atoms with Crippen LogP contribution in [-0.4, -0.2) is 48.2 Å². The van der Waals surface area contributed by atoms with Gasteiger partial charge in [0.2, 0.25) is 0 Å². The van der Waals surface area contributed by atoms with Crippen LogP contribution in [0.1, 0.15) is 24.2 Å². The van der Waals surface area contributed by atoms with Crippen LogP contribution in [0.25, 0.3) is 11.3 Å². The number of rotatable bonds is 7. The Kier molecular flexibility index (Phi) is 6.45. The fraction of sp³-hybridized carbons (Fsp3) is 0.360. The Hall–Kier alpha value is -3.01. The van der Waals surface area contributed by atoms with E-state index in [1.165, 1.54) is 6.07 Å². The summed E-state index contributed by atoms with van der Waals surface area (Å²) in [6.07, 6.45) is 1.71. The van der Waals surface area contributed by atoms with Gasteiger partial charge < -0.3 is 9.42 Å². The summed E-state index contributed by atoms with van der Waals surface area (Å²) in [5.74, 6) is 0.414. The molecule has 2 aromatic carbocycles. The van der Waals surface area contributed by atoms with Gasteiger partial charge in [-0.05, 0) is 37.6 Å². The first-order valence-corrected chi connectivity index (χ1v) is 10.7. The highest BCUT2D eigenvalue weighted by molar-refractivity contribution is 5.59. The largest absolute Gasteiger partial charge is 0.359 e. The topological polar surface area (TPSA) is 56.3 Å². The molecule has 160 valence electrons. The maximum absolute atomic E-state index is 13.9. The van der Waals surface area contributed by atoms with E-state index in [4.69, 9.17) is 4.52 Å². The number of halogens is 1. The zero-order valence-corrected chi connectivity index (χ0v) is 17.8. The molecule has 1 saturated heterocycles. The van der Waals surface area contributed by atoms with E-state index in [2.05, 4.69) is 33.2 Å². The van der Waals surface area contributed by atoms with Crippen molar-refractivity contribution in [3.8, 4) is 17.3 Å². The molecule has 0 amide bonds. The van der Waals surface area contributed by atoms with E-state index in [1.807, 2.05) is 25.2 Å². The Morgan fingerprint density at radius 2 is 1.84 bits per heavy atom. The SMILES string of the molecule is CN(CCN1CCC(C#N)(c2ccccc2)CC1)Cc1cc(-c2ccccc2F)no1. The van der Waals surface area contributed by atoms with Crippen molar-refractivity contribution in [2.75, 3.05) is 33.2 Å². The number of likely N-dealkylation sites (N-methyl/N-ethyl adjacent to an activating group) is 1. The molecule has 4 rings (SSSR count). The van der Waals surface area contributed by atoms with Crippen molar-refractivity contribution >= 4 is 0 Å². The molecule has 31 heavy (non-hydrogen) atoms. The number of hydrogen-bond donors (Lipinski definition) is 0. The molecule has 0 aliphatic carbocycles. The highest BCUT2D eigenvalue weighted by Crippen LogP contribution is 2.34. The summed E-state index contributed by atoms with van der Waals surface area (Å²) in [6, 6.07) is 21.1. The molecule has 0 unspecified atom stereocenters. The molecule has 0 N–H and O–H groups in total. The summed E-state index contributed by atoms with van der Waals surface area (Å²) in [5.41, 5.74) is 1.73. The van der Waals surface area contributed by atoms with Crippen LogP contribution in [0.2, 0.25) is 0 Å². The third-order valence-electron chi connectivity index (χ3n) is 6.18. The van der Waals surface area contributed by atoms with Crippen LogP contribution < -0.4 is 0 Å². The van der Waals surface area contributed by atoms with Crippen LogP contribution in [0.4, 0.5) is 4.39 Å². The molecule has 0 saturated carbocycles. The van der Waals surface area contributed by atoms with E-state index in [1.54, 1.807) is 24.3 Å². The van der Waals surface area contributed by atoms with Gasteiger partial charge in [0.1, 0.15) is 11.5 Å². The van der Waals surface area contributed by atoms with Gasteiger partial charge >= 0.3 is 0 Å². The maximum Gasteiger partial charge on any atom is 0.151 e. The minimum Gasteiger partial charge on any atom is -0.359 e. The lowest BCUT2D eigenvalue weighted by atomic mass is 9.74. The average molecular weight is 419 g/mol. The quantitative estimate of drug-likeness (QED) is 0.567. The lowest BCUT2D eigenvalue weighted by Crippen LogP contribution is -2.44. The van der Waals surface area contributed by atoms with E-state index in [-0.39, 0.29) is 11.2 Å². The normalized spacial score (nSPS) is 16.3. The second-order valence-corrected chi connectivity index (χ2v) is 8.30. The van der Waals surface area contributed by atoms with E-state index in [9.17, 15) is 9.65 Å². The summed E-state index contributed by atoms with van der Waals surface area (Å²) < 4.78 is 19.4. The molecular weight excluding hydrogens is 391 g/mol. The summed E-state index contributed by atoms with van der Waals surface area (Å²) in [5, 5.41) is 13.9. The molecule has 1 aliphatic heterocycles. The van der Waals surface area contributed by atoms with Crippen LogP contribution >= 0.6 is 0 Å². The summed E-state index contributed by atoms with van der Waals surface area (Å²) in [4.78, 5) is 4.59. The zero-order chi connectivity index (χ0) is 21.7.